The van der Waals surface area contributed by atoms with Crippen molar-refractivity contribution in [2.75, 3.05) is 0 Å². The Morgan fingerprint density at radius 3 is 2.93 bits per heavy atom. The molecule has 3 aromatic heterocycles. The van der Waals surface area contributed by atoms with Crippen molar-refractivity contribution < 1.29 is 9.15 Å². The van der Waals surface area contributed by atoms with Crippen LogP contribution in [0.1, 0.15) is 29.4 Å². The molecule has 0 aromatic carbocycles. The van der Waals surface area contributed by atoms with E-state index in [0.29, 0.717) is 23.6 Å². The zero-order chi connectivity index (χ0) is 19.7. The van der Waals surface area contributed by atoms with Gasteiger partial charge in [0.2, 0.25) is 5.88 Å². The number of ether oxygens (including phenoxy) is 1. The second-order valence-corrected chi connectivity index (χ2v) is 6.61. The van der Waals surface area contributed by atoms with E-state index in [4.69, 9.17) is 14.9 Å². The summed E-state index contributed by atoms with van der Waals surface area (Å²) in [7, 11) is 0. The molecule has 0 fully saturated rings. The van der Waals surface area contributed by atoms with Crippen LogP contribution in [-0.4, -0.2) is 14.1 Å². The van der Waals surface area contributed by atoms with Gasteiger partial charge in [0.05, 0.1) is 24.1 Å². The number of fused-ring (bicyclic) bond motifs is 1. The molecule has 0 aliphatic carbocycles. The lowest BCUT2D eigenvalue weighted by Crippen LogP contribution is -2.32. The van der Waals surface area contributed by atoms with E-state index in [-0.39, 0.29) is 17.0 Å². The number of rotatable bonds is 5. The molecule has 0 radical (unpaired) electrons. The fraction of sp³-hybridized carbons (Fsp3) is 0.250. The molecule has 142 valence electrons. The fourth-order valence-corrected chi connectivity index (χ4v) is 3.53. The van der Waals surface area contributed by atoms with E-state index in [1.165, 1.54) is 6.26 Å². The monoisotopic (exact) mass is 377 g/mol. The Bertz CT molecular complexity index is 1120. The van der Waals surface area contributed by atoms with Crippen LogP contribution in [0.5, 0.6) is 5.75 Å². The minimum absolute atomic E-state index is 0.00643. The van der Waals surface area contributed by atoms with Crippen molar-refractivity contribution in [1.29, 1.82) is 5.26 Å². The van der Waals surface area contributed by atoms with Gasteiger partial charge in [-0.3, -0.25) is 4.79 Å². The zero-order valence-electron chi connectivity index (χ0n) is 15.3. The predicted molar refractivity (Wildman–Crippen MR) is 100 cm³/mol. The van der Waals surface area contributed by atoms with E-state index < -0.39 is 5.92 Å². The van der Waals surface area contributed by atoms with Gasteiger partial charge in [-0.1, -0.05) is 0 Å². The van der Waals surface area contributed by atoms with Crippen LogP contribution < -0.4 is 16.0 Å². The Hall–Kier alpha value is -3.73. The lowest BCUT2D eigenvalue weighted by atomic mass is 9.88. The molecule has 1 atom stereocenters. The molecule has 28 heavy (non-hydrogen) atoms. The zero-order valence-corrected chi connectivity index (χ0v) is 15.3. The summed E-state index contributed by atoms with van der Waals surface area (Å²) < 4.78 is 14.8. The number of hydrogen-bond acceptors (Lipinski definition) is 6. The lowest BCUT2D eigenvalue weighted by Gasteiger charge is -2.26. The summed E-state index contributed by atoms with van der Waals surface area (Å²) in [6, 6.07) is 7.29. The first kappa shape index (κ1) is 17.7. The van der Waals surface area contributed by atoms with Crippen LogP contribution >= 0.6 is 0 Å². The number of hydrogen-bond donors (Lipinski definition) is 1. The van der Waals surface area contributed by atoms with Crippen LogP contribution in [0.15, 0.2) is 63.9 Å². The van der Waals surface area contributed by atoms with E-state index in [0.717, 1.165) is 18.7 Å². The number of nitrogens with two attached hydrogens (primary N) is 1. The highest BCUT2D eigenvalue weighted by Crippen LogP contribution is 2.40. The Kier molecular flexibility index (Phi) is 4.49. The number of aromatic nitrogens is 3. The molecule has 0 saturated carbocycles. The largest absolute Gasteiger partial charge is 0.468 e. The van der Waals surface area contributed by atoms with E-state index >= 15 is 0 Å². The van der Waals surface area contributed by atoms with Crippen molar-refractivity contribution in [3.8, 4) is 11.8 Å². The van der Waals surface area contributed by atoms with Gasteiger partial charge in [-0.05, 0) is 25.5 Å². The quantitative estimate of drug-likeness (QED) is 0.730. The molecule has 3 aromatic rings. The van der Waals surface area contributed by atoms with Crippen LogP contribution in [0.4, 0.5) is 0 Å². The Balaban J connectivity index is 1.75. The third kappa shape index (κ3) is 2.97. The molecule has 8 nitrogen and oxygen atoms in total. The second kappa shape index (κ2) is 7.12. The normalized spacial score (nSPS) is 15.8. The standard InChI is InChI=1S/C20H19N5O3/c1-13-10-16-18(20(26)25(13)7-3-6-24-8-5-23-12-24)17(15-4-2-9-27-15)14(11-21)19(22)28-16/h2,4-5,8-10,12,17H,3,6-7,22H2,1H3/t17-/m0/s1. The number of furan rings is 1. The van der Waals surface area contributed by atoms with E-state index in [1.807, 2.05) is 17.7 Å². The van der Waals surface area contributed by atoms with E-state index in [9.17, 15) is 10.1 Å². The van der Waals surface area contributed by atoms with Gasteiger partial charge in [0, 0.05) is 37.2 Å². The first-order valence-corrected chi connectivity index (χ1v) is 8.91. The molecular formula is C20H19N5O3. The molecule has 8 heteroatoms. The summed E-state index contributed by atoms with van der Waals surface area (Å²) in [6.45, 7) is 3.13. The maximum atomic E-state index is 13.3. The summed E-state index contributed by atoms with van der Waals surface area (Å²) in [5, 5.41) is 9.59. The van der Waals surface area contributed by atoms with Crippen molar-refractivity contribution in [2.24, 2.45) is 5.73 Å². The number of aryl methyl sites for hydroxylation is 2. The average molecular weight is 377 g/mol. The van der Waals surface area contributed by atoms with Crippen molar-refractivity contribution in [3.63, 3.8) is 0 Å². The summed E-state index contributed by atoms with van der Waals surface area (Å²) >= 11 is 0. The van der Waals surface area contributed by atoms with E-state index in [2.05, 4.69) is 11.1 Å². The van der Waals surface area contributed by atoms with Crippen LogP contribution in [0.3, 0.4) is 0 Å². The maximum Gasteiger partial charge on any atom is 0.258 e. The molecule has 0 amide bonds. The molecule has 4 rings (SSSR count). The summed E-state index contributed by atoms with van der Waals surface area (Å²) in [6.07, 6.45) is 7.62. The highest BCUT2D eigenvalue weighted by atomic mass is 16.5. The minimum atomic E-state index is -0.684. The van der Waals surface area contributed by atoms with Gasteiger partial charge in [-0.15, -0.1) is 0 Å². The first-order valence-electron chi connectivity index (χ1n) is 8.91. The Labute approximate surface area is 161 Å². The molecule has 0 saturated heterocycles. The van der Waals surface area contributed by atoms with Crippen molar-refractivity contribution in [1.82, 2.24) is 14.1 Å². The molecule has 1 aliphatic rings. The van der Waals surface area contributed by atoms with Gasteiger partial charge in [0.1, 0.15) is 23.2 Å². The maximum absolute atomic E-state index is 13.3. The second-order valence-electron chi connectivity index (χ2n) is 6.61. The average Bonchev–Trinajstić information content (AvgIpc) is 3.37. The molecule has 4 heterocycles. The van der Waals surface area contributed by atoms with Gasteiger partial charge in [-0.2, -0.15) is 5.26 Å². The lowest BCUT2D eigenvalue weighted by molar-refractivity contribution is 0.377. The van der Waals surface area contributed by atoms with Crippen LogP contribution in [0.2, 0.25) is 0 Å². The summed E-state index contributed by atoms with van der Waals surface area (Å²) in [5.74, 6) is 0.158. The van der Waals surface area contributed by atoms with Gasteiger partial charge >= 0.3 is 0 Å². The highest BCUT2D eigenvalue weighted by Gasteiger charge is 2.35. The van der Waals surface area contributed by atoms with Crippen molar-refractivity contribution in [2.45, 2.75) is 32.4 Å². The predicted octanol–water partition coefficient (Wildman–Crippen LogP) is 2.25. The Morgan fingerprint density at radius 2 is 2.25 bits per heavy atom. The topological polar surface area (TPSA) is 112 Å². The van der Waals surface area contributed by atoms with Crippen molar-refractivity contribution >= 4 is 0 Å². The minimum Gasteiger partial charge on any atom is -0.468 e. The number of allylic oxidation sites excluding steroid dienone is 1. The van der Waals surface area contributed by atoms with Crippen molar-refractivity contribution in [3.05, 3.63) is 82.0 Å². The SMILES string of the molecule is Cc1cc2c(c(=O)n1CCCn1ccnc1)[C@H](c1ccco1)C(C#N)=C(N)O2. The van der Waals surface area contributed by atoms with Crippen LogP contribution in [-0.2, 0) is 13.1 Å². The van der Waals surface area contributed by atoms with Gasteiger partial charge in [0.25, 0.3) is 5.56 Å². The number of imidazole rings is 1. The molecule has 2 N–H and O–H groups in total. The molecule has 0 unspecified atom stereocenters. The molecule has 1 aliphatic heterocycles. The first-order chi connectivity index (χ1) is 13.6. The van der Waals surface area contributed by atoms with Gasteiger partial charge in [-0.25, -0.2) is 4.98 Å². The number of nitrogens with zero attached hydrogens (tertiary/aromatic N) is 4. The number of pyridine rings is 1. The smallest absolute Gasteiger partial charge is 0.258 e. The summed E-state index contributed by atoms with van der Waals surface area (Å²) in [4.78, 5) is 17.4. The third-order valence-corrected chi connectivity index (χ3v) is 4.87. The molecule has 0 spiro atoms. The van der Waals surface area contributed by atoms with Gasteiger partial charge < -0.3 is 24.0 Å². The highest BCUT2D eigenvalue weighted by molar-refractivity contribution is 5.53. The third-order valence-electron chi connectivity index (χ3n) is 4.87. The van der Waals surface area contributed by atoms with Crippen LogP contribution in [0, 0.1) is 18.3 Å². The molecular weight excluding hydrogens is 358 g/mol. The summed E-state index contributed by atoms with van der Waals surface area (Å²) in [5.41, 5.74) is 7.05. The molecule has 0 bridgehead atoms. The van der Waals surface area contributed by atoms with Gasteiger partial charge in [0.15, 0.2) is 0 Å². The number of nitriles is 1. The van der Waals surface area contributed by atoms with Crippen LogP contribution in [0.25, 0.3) is 0 Å². The fourth-order valence-electron chi connectivity index (χ4n) is 3.53. The van der Waals surface area contributed by atoms with E-state index in [1.54, 1.807) is 35.3 Å². The Morgan fingerprint density at radius 1 is 1.39 bits per heavy atom.